The Morgan fingerprint density at radius 3 is 2.15 bits per heavy atom. The van der Waals surface area contributed by atoms with Gasteiger partial charge in [0.25, 0.3) is 0 Å². The van der Waals surface area contributed by atoms with Gasteiger partial charge in [0.15, 0.2) is 0 Å². The molecule has 0 aromatic heterocycles. The van der Waals surface area contributed by atoms with Crippen molar-refractivity contribution in [2.75, 3.05) is 0 Å². The van der Waals surface area contributed by atoms with Gasteiger partial charge in [-0.15, -0.1) is 24.8 Å². The van der Waals surface area contributed by atoms with Crippen molar-refractivity contribution in [3.63, 3.8) is 0 Å². The van der Waals surface area contributed by atoms with E-state index in [2.05, 4.69) is 44.0 Å². The van der Waals surface area contributed by atoms with Crippen LogP contribution in [-0.4, -0.2) is 11.3 Å². The number of aliphatic imine (C=N–C) groups is 1. The summed E-state index contributed by atoms with van der Waals surface area (Å²) in [6.45, 7) is 6.27. The largest absolute Gasteiger partial charge is 0.507 e. The molecule has 0 aliphatic carbocycles. The van der Waals surface area contributed by atoms with Crippen LogP contribution >= 0.6 is 24.8 Å². The van der Waals surface area contributed by atoms with Crippen LogP contribution in [0.25, 0.3) is 10.8 Å². The standard InChI is InChI=1S/C21H21NO.2ClH.Ti/c1-21(2,3)18-12-6-10-16(20(18)23)14-22-19-13-7-9-15-8-4-5-11-17(15)19;;;/h4-14,23H,1-3H3;2*1H;. The number of fused-ring (bicyclic) bond motifs is 1. The maximum absolute atomic E-state index is 10.5. The second-order valence-electron chi connectivity index (χ2n) is 6.75. The fourth-order valence-corrected chi connectivity index (χ4v) is 2.73. The van der Waals surface area contributed by atoms with Crippen molar-refractivity contribution < 1.29 is 26.8 Å². The molecule has 136 valence electrons. The third-order valence-electron chi connectivity index (χ3n) is 3.98. The summed E-state index contributed by atoms with van der Waals surface area (Å²) in [5.74, 6) is 0.309. The zero-order chi connectivity index (χ0) is 16.4. The van der Waals surface area contributed by atoms with Gasteiger partial charge >= 0.3 is 0 Å². The van der Waals surface area contributed by atoms with E-state index in [1.165, 1.54) is 0 Å². The van der Waals surface area contributed by atoms with E-state index in [0.29, 0.717) is 5.75 Å². The smallest absolute Gasteiger partial charge is 0.128 e. The molecule has 0 amide bonds. The average Bonchev–Trinajstić information content (AvgIpc) is 2.53. The second-order valence-corrected chi connectivity index (χ2v) is 6.75. The molecule has 0 spiro atoms. The maximum atomic E-state index is 10.5. The van der Waals surface area contributed by atoms with Crippen LogP contribution in [0.2, 0.25) is 0 Å². The Hall–Kier alpha value is -1.32. The SMILES string of the molecule is CC(C)(C)c1cccc(C=Nc2cccc3ccccc23)c1O.Cl.Cl.[Ti]. The van der Waals surface area contributed by atoms with E-state index in [-0.39, 0.29) is 51.9 Å². The number of benzene rings is 3. The first-order valence-electron chi connectivity index (χ1n) is 7.81. The third-order valence-corrected chi connectivity index (χ3v) is 3.98. The Morgan fingerprint density at radius 1 is 0.846 bits per heavy atom. The van der Waals surface area contributed by atoms with Crippen LogP contribution in [0.3, 0.4) is 0 Å². The summed E-state index contributed by atoms with van der Waals surface area (Å²) in [6, 6.07) is 20.1. The van der Waals surface area contributed by atoms with Gasteiger partial charge in [-0.3, -0.25) is 4.99 Å². The molecule has 3 aromatic rings. The fraction of sp³-hybridized carbons (Fsp3) is 0.190. The van der Waals surface area contributed by atoms with Gasteiger partial charge in [0.05, 0.1) is 5.69 Å². The maximum Gasteiger partial charge on any atom is 0.128 e. The summed E-state index contributed by atoms with van der Waals surface area (Å²) in [4.78, 5) is 4.60. The summed E-state index contributed by atoms with van der Waals surface area (Å²) in [6.07, 6.45) is 1.74. The van der Waals surface area contributed by atoms with Gasteiger partial charge in [-0.25, -0.2) is 0 Å². The molecule has 0 heterocycles. The Balaban J connectivity index is 0.00000208. The number of aromatic hydroxyl groups is 1. The molecule has 0 bridgehead atoms. The number of hydrogen-bond acceptors (Lipinski definition) is 2. The van der Waals surface area contributed by atoms with Gasteiger partial charge in [-0.1, -0.05) is 69.3 Å². The zero-order valence-corrected chi connectivity index (χ0v) is 18.3. The molecule has 0 radical (unpaired) electrons. The second kappa shape index (κ2) is 10.1. The molecule has 0 aliphatic rings. The summed E-state index contributed by atoms with van der Waals surface area (Å²) >= 11 is 0. The molecule has 0 unspecified atom stereocenters. The van der Waals surface area contributed by atoms with E-state index in [9.17, 15) is 5.11 Å². The van der Waals surface area contributed by atoms with Crippen LogP contribution in [0.5, 0.6) is 5.75 Å². The minimum atomic E-state index is -0.104. The average molecular weight is 424 g/mol. The van der Waals surface area contributed by atoms with Crippen molar-refractivity contribution >= 4 is 47.5 Å². The van der Waals surface area contributed by atoms with Crippen molar-refractivity contribution in [1.82, 2.24) is 0 Å². The van der Waals surface area contributed by atoms with Crippen molar-refractivity contribution in [3.8, 4) is 5.75 Å². The Kier molecular flexibility index (Phi) is 9.62. The Labute approximate surface area is 182 Å². The van der Waals surface area contributed by atoms with E-state index in [4.69, 9.17) is 0 Å². The number of para-hydroxylation sites is 1. The van der Waals surface area contributed by atoms with Crippen molar-refractivity contribution in [1.29, 1.82) is 0 Å². The predicted molar refractivity (Wildman–Crippen MR) is 113 cm³/mol. The zero-order valence-electron chi connectivity index (χ0n) is 15.1. The first kappa shape index (κ1) is 24.7. The molecule has 26 heavy (non-hydrogen) atoms. The first-order chi connectivity index (χ1) is 11.0. The molecule has 0 saturated carbocycles. The molecule has 3 rings (SSSR count). The minimum absolute atomic E-state index is 0. The molecular weight excluding hydrogens is 401 g/mol. The van der Waals surface area contributed by atoms with E-state index >= 15 is 0 Å². The molecule has 0 atom stereocenters. The quantitative estimate of drug-likeness (QED) is 0.373. The van der Waals surface area contributed by atoms with Crippen LogP contribution in [0.4, 0.5) is 5.69 Å². The normalized spacial score (nSPS) is 10.7. The molecule has 5 heteroatoms. The van der Waals surface area contributed by atoms with Crippen molar-refractivity contribution in [2.45, 2.75) is 26.2 Å². The monoisotopic (exact) mass is 423 g/mol. The van der Waals surface area contributed by atoms with Crippen LogP contribution in [0.15, 0.2) is 65.7 Å². The number of nitrogens with zero attached hydrogens (tertiary/aromatic N) is 1. The molecule has 0 fully saturated rings. The summed E-state index contributed by atoms with van der Waals surface area (Å²) < 4.78 is 0. The van der Waals surface area contributed by atoms with Gasteiger partial charge in [0.1, 0.15) is 5.75 Å². The topological polar surface area (TPSA) is 32.6 Å². The van der Waals surface area contributed by atoms with Crippen LogP contribution < -0.4 is 0 Å². The van der Waals surface area contributed by atoms with Gasteiger partial charge in [-0.2, -0.15) is 0 Å². The van der Waals surface area contributed by atoms with E-state index in [1.54, 1.807) is 6.21 Å². The third kappa shape index (κ3) is 5.34. The molecule has 2 nitrogen and oxygen atoms in total. The summed E-state index contributed by atoms with van der Waals surface area (Å²) in [5, 5.41) is 12.8. The predicted octanol–water partition coefficient (Wildman–Crippen LogP) is 6.43. The minimum Gasteiger partial charge on any atom is -0.507 e. The Bertz CT molecular complexity index is 883. The van der Waals surface area contributed by atoms with Crippen molar-refractivity contribution in [2.24, 2.45) is 4.99 Å². The number of phenols is 1. The first-order valence-corrected chi connectivity index (χ1v) is 7.81. The molecular formula is C21H23Cl2NOTi. The fourth-order valence-electron chi connectivity index (χ4n) is 2.73. The molecule has 0 aliphatic heterocycles. The molecule has 0 saturated heterocycles. The van der Waals surface area contributed by atoms with Crippen LogP contribution in [-0.2, 0) is 27.1 Å². The number of rotatable bonds is 2. The van der Waals surface area contributed by atoms with Crippen molar-refractivity contribution in [3.05, 3.63) is 71.8 Å². The van der Waals surface area contributed by atoms with E-state index < -0.39 is 0 Å². The van der Waals surface area contributed by atoms with E-state index in [1.807, 2.05) is 42.5 Å². The van der Waals surface area contributed by atoms with Gasteiger partial charge in [-0.05, 0) is 28.5 Å². The molecule has 1 N–H and O–H groups in total. The van der Waals surface area contributed by atoms with Gasteiger partial charge in [0.2, 0.25) is 0 Å². The molecule has 3 aromatic carbocycles. The number of phenolic OH excluding ortho intramolecular Hbond substituents is 1. The number of halogens is 2. The summed E-state index contributed by atoms with van der Waals surface area (Å²) in [5.41, 5.74) is 2.47. The van der Waals surface area contributed by atoms with Gasteiger partial charge in [0, 0.05) is 38.9 Å². The summed E-state index contributed by atoms with van der Waals surface area (Å²) in [7, 11) is 0. The van der Waals surface area contributed by atoms with Gasteiger partial charge < -0.3 is 5.11 Å². The van der Waals surface area contributed by atoms with Crippen LogP contribution in [0.1, 0.15) is 31.9 Å². The number of hydrogen-bond donors (Lipinski definition) is 1. The van der Waals surface area contributed by atoms with E-state index in [0.717, 1.165) is 27.6 Å². The Morgan fingerprint density at radius 2 is 1.46 bits per heavy atom. The van der Waals surface area contributed by atoms with Crippen LogP contribution in [0, 0.1) is 0 Å².